The number of para-hydroxylation sites is 3. The fourth-order valence-corrected chi connectivity index (χ4v) is 14.3. The van der Waals surface area contributed by atoms with Crippen LogP contribution in [0.2, 0.25) is 0 Å². The lowest BCUT2D eigenvalue weighted by Gasteiger charge is -2.12. The molecule has 13 nitrogen and oxygen atoms in total. The van der Waals surface area contributed by atoms with E-state index < -0.39 is 0 Å². The minimum atomic E-state index is 0.615. The lowest BCUT2D eigenvalue weighted by molar-refractivity contribution is 0.635. The molecule has 0 aliphatic heterocycles. The van der Waals surface area contributed by atoms with Gasteiger partial charge in [-0.05, 0) is 113 Å². The van der Waals surface area contributed by atoms with E-state index in [1.54, 1.807) is 24.8 Å². The van der Waals surface area contributed by atoms with Gasteiger partial charge >= 0.3 is 0 Å². The normalized spacial score (nSPS) is 11.3. The first kappa shape index (κ1) is 63.9. The highest BCUT2D eigenvalue weighted by Gasteiger charge is 2.27. The van der Waals surface area contributed by atoms with Gasteiger partial charge in [-0.15, -0.1) is 0 Å². The average Bonchev–Trinajstić information content (AvgIpc) is 1.57. The van der Waals surface area contributed by atoms with Crippen LogP contribution in [0.5, 0.6) is 0 Å². The van der Waals surface area contributed by atoms with E-state index in [9.17, 15) is 0 Å². The molecule has 0 atom stereocenters. The smallest absolute Gasteiger partial charge is 0.164 e. The van der Waals surface area contributed by atoms with Gasteiger partial charge < -0.3 is 8.83 Å². The maximum absolute atomic E-state index is 6.85. The van der Waals surface area contributed by atoms with Gasteiger partial charge in [0.15, 0.2) is 23.3 Å². The van der Waals surface area contributed by atoms with Crippen LogP contribution in [0.3, 0.4) is 0 Å². The van der Waals surface area contributed by atoms with Crippen molar-refractivity contribution in [3.05, 3.63) is 359 Å². The number of hydrogen-bond acceptors (Lipinski definition) is 13. The number of hydrogen-bond donors (Lipinski definition) is 0. The lowest BCUT2D eigenvalue weighted by Crippen LogP contribution is -2.00. The topological polar surface area (TPSA) is 168 Å². The number of aromatic nitrogens is 11. The van der Waals surface area contributed by atoms with Gasteiger partial charge in [-0.1, -0.05) is 224 Å². The van der Waals surface area contributed by atoms with E-state index in [0.717, 1.165) is 178 Å². The Hall–Kier alpha value is -15.0. The summed E-state index contributed by atoms with van der Waals surface area (Å²) in [5.41, 5.74) is 23.5. The van der Waals surface area contributed by atoms with Crippen LogP contribution in [0.25, 0.3) is 201 Å². The minimum absolute atomic E-state index is 0.615. The van der Waals surface area contributed by atoms with Crippen LogP contribution >= 0.6 is 0 Å². The molecule has 0 radical (unpaired) electrons. The maximum Gasteiger partial charge on any atom is 0.164 e. The monoisotopic (exact) mass is 1390 g/mol. The highest BCUT2D eigenvalue weighted by atomic mass is 16.3. The molecule has 0 aliphatic carbocycles. The number of benzene rings is 10. The number of fused-ring (bicyclic) bond motifs is 7. The highest BCUT2D eigenvalue weighted by molar-refractivity contribution is 6.18. The van der Waals surface area contributed by atoms with Gasteiger partial charge in [-0.25, -0.2) is 34.9 Å². The number of rotatable bonds is 13. The summed E-state index contributed by atoms with van der Waals surface area (Å²) in [4.78, 5) is 52.7. The van der Waals surface area contributed by atoms with Gasteiger partial charge in [0.25, 0.3) is 0 Å². The Morgan fingerprint density at radius 1 is 0.194 bits per heavy atom. The van der Waals surface area contributed by atoms with E-state index in [-0.39, 0.29) is 0 Å². The third-order valence-electron chi connectivity index (χ3n) is 19.4. The van der Waals surface area contributed by atoms with E-state index in [2.05, 4.69) is 141 Å². The predicted molar refractivity (Wildman–Crippen MR) is 431 cm³/mol. The van der Waals surface area contributed by atoms with Gasteiger partial charge in [0, 0.05) is 132 Å². The van der Waals surface area contributed by atoms with Gasteiger partial charge in [0.05, 0.1) is 44.4 Å². The van der Waals surface area contributed by atoms with E-state index in [1.165, 1.54) is 0 Å². The Bertz CT molecular complexity index is 6640. The molecule has 0 bridgehead atoms. The molecular formula is C95H59N11O2. The zero-order valence-corrected chi connectivity index (χ0v) is 57.8. The van der Waals surface area contributed by atoms with Gasteiger partial charge in [0.2, 0.25) is 0 Å². The predicted octanol–water partition coefficient (Wildman–Crippen LogP) is 23.3. The Balaban J connectivity index is 0.000000147. The van der Waals surface area contributed by atoms with Crippen molar-refractivity contribution in [1.82, 2.24) is 54.8 Å². The number of pyridine rings is 6. The second kappa shape index (κ2) is 28.0. The minimum Gasteiger partial charge on any atom is -0.455 e. The Kier molecular flexibility index (Phi) is 16.6. The van der Waals surface area contributed by atoms with Crippen molar-refractivity contribution in [3.8, 4) is 146 Å². The summed E-state index contributed by atoms with van der Waals surface area (Å²) in [6.07, 6.45) is 14.5. The third-order valence-corrected chi connectivity index (χ3v) is 19.4. The van der Waals surface area contributed by atoms with Crippen molar-refractivity contribution < 1.29 is 8.83 Å². The summed E-state index contributed by atoms with van der Waals surface area (Å²) in [5.74, 6) is 4.09. The van der Waals surface area contributed by atoms with Crippen molar-refractivity contribution in [2.24, 2.45) is 0 Å². The van der Waals surface area contributed by atoms with Crippen LogP contribution in [-0.4, -0.2) is 54.8 Å². The fourth-order valence-electron chi connectivity index (χ4n) is 14.3. The second-order valence-electron chi connectivity index (χ2n) is 26.1. The molecule has 0 saturated heterocycles. The molecule has 0 unspecified atom stereocenters. The molecule has 10 aromatic heterocycles. The summed E-state index contributed by atoms with van der Waals surface area (Å²) < 4.78 is 13.7. The molecule has 20 rings (SSSR count). The SMILES string of the molecule is c1ccc(-c2nc(-c3ccc(-c4cccc(-c5nc6ccccc6c6oc(-c7cccnc7)c(-c7cccnc7)c56)c4)cc3)c3ccccc3n2)cc1.c1ccc(-c2nc(-c3ccccc3)nc(-c3ccc(-c4cccc(-c5nc6ccccc6c6oc(-c7ccncc7)c(-c7ccncc7)c56)c4)cc3)n2)cc1. The van der Waals surface area contributed by atoms with E-state index in [0.29, 0.717) is 23.3 Å². The molecule has 0 aliphatic rings. The molecule has 0 fully saturated rings. The van der Waals surface area contributed by atoms with Crippen molar-refractivity contribution in [2.75, 3.05) is 0 Å². The van der Waals surface area contributed by atoms with E-state index >= 15 is 0 Å². The van der Waals surface area contributed by atoms with Crippen LogP contribution in [0.4, 0.5) is 0 Å². The van der Waals surface area contributed by atoms with Gasteiger partial charge in [0.1, 0.15) is 22.7 Å². The molecule has 0 spiro atoms. The molecular weight excluding hydrogens is 1330 g/mol. The Labute approximate surface area is 620 Å². The highest BCUT2D eigenvalue weighted by Crippen LogP contribution is 2.49. The first-order valence-electron chi connectivity index (χ1n) is 35.5. The van der Waals surface area contributed by atoms with Crippen molar-refractivity contribution in [2.45, 2.75) is 0 Å². The van der Waals surface area contributed by atoms with Crippen LogP contribution < -0.4 is 0 Å². The van der Waals surface area contributed by atoms with Crippen LogP contribution in [0.15, 0.2) is 368 Å². The summed E-state index contributed by atoms with van der Waals surface area (Å²) in [6.45, 7) is 0. The van der Waals surface area contributed by atoms with Crippen molar-refractivity contribution >= 4 is 54.6 Å². The molecule has 10 heterocycles. The standard InChI is InChI=1S/C48H30N6O.C47H29N5O/c1-3-10-34(11-4-1)46-52-47(35-12-5-2-6-13-35)54-48(53-46)36-20-18-31(19-21-36)37-14-9-15-38(30-37)43-42-41(32-22-26-49-27-23-32)44(33-24-28-50-29-25-33)55-45(42)39-16-7-8-17-40(39)51-43;1-2-11-32(12-3-1)47-51-39-19-6-4-17-37(39)43(52-47)31-23-21-30(22-24-31)33-13-8-14-34(27-33)44-42-41(35-15-9-25-48-28-35)45(36-16-10-26-49-29-36)53-46(42)38-18-5-7-20-40(38)50-44/h1-30H;1-29H. The Morgan fingerprint density at radius 3 is 1.04 bits per heavy atom. The molecule has 0 N–H and O–H groups in total. The zero-order chi connectivity index (χ0) is 71.7. The molecule has 506 valence electrons. The largest absolute Gasteiger partial charge is 0.455 e. The van der Waals surface area contributed by atoms with Crippen LogP contribution in [-0.2, 0) is 0 Å². The molecule has 13 heteroatoms. The average molecular weight is 1390 g/mol. The second-order valence-corrected chi connectivity index (χ2v) is 26.1. The first-order valence-corrected chi connectivity index (χ1v) is 35.5. The number of nitrogens with zero attached hydrogens (tertiary/aromatic N) is 11. The zero-order valence-electron chi connectivity index (χ0n) is 57.8. The quantitative estimate of drug-likeness (QED) is 0.107. The summed E-state index contributed by atoms with van der Waals surface area (Å²) in [5, 5.41) is 4.80. The van der Waals surface area contributed by atoms with Crippen LogP contribution in [0.1, 0.15) is 0 Å². The maximum atomic E-state index is 6.85. The van der Waals surface area contributed by atoms with Crippen LogP contribution in [0, 0.1) is 0 Å². The van der Waals surface area contributed by atoms with Crippen molar-refractivity contribution in [3.63, 3.8) is 0 Å². The molecule has 10 aromatic carbocycles. The molecule has 0 amide bonds. The Morgan fingerprint density at radius 2 is 0.556 bits per heavy atom. The molecule has 0 saturated carbocycles. The first-order chi connectivity index (χ1) is 53.5. The van der Waals surface area contributed by atoms with E-state index in [4.69, 9.17) is 43.7 Å². The van der Waals surface area contributed by atoms with Gasteiger partial charge in [-0.2, -0.15) is 0 Å². The lowest BCUT2D eigenvalue weighted by atomic mass is 9.94. The summed E-state index contributed by atoms with van der Waals surface area (Å²) in [7, 11) is 0. The summed E-state index contributed by atoms with van der Waals surface area (Å²) >= 11 is 0. The molecule has 20 aromatic rings. The fraction of sp³-hybridized carbons (Fsp3) is 0. The van der Waals surface area contributed by atoms with Crippen molar-refractivity contribution in [1.29, 1.82) is 0 Å². The summed E-state index contributed by atoms with van der Waals surface area (Å²) in [6, 6.07) is 105. The number of furan rings is 2. The van der Waals surface area contributed by atoms with E-state index in [1.807, 2.05) is 213 Å². The van der Waals surface area contributed by atoms with Gasteiger partial charge in [-0.3, -0.25) is 19.9 Å². The third kappa shape index (κ3) is 12.2. The molecule has 108 heavy (non-hydrogen) atoms.